The first-order valence-electron chi connectivity index (χ1n) is 11.2. The lowest BCUT2D eigenvalue weighted by Crippen LogP contribution is -2.59. The van der Waals surface area contributed by atoms with Gasteiger partial charge in [0.25, 0.3) is 0 Å². The maximum absolute atomic E-state index is 13.7. The monoisotopic (exact) mass is 439 g/mol. The fourth-order valence-corrected chi connectivity index (χ4v) is 8.13. The molecule has 3 saturated heterocycles. The summed E-state index contributed by atoms with van der Waals surface area (Å²) in [6.07, 6.45) is 4.21. The number of likely N-dealkylation sites (tertiary alicyclic amines) is 1. The van der Waals surface area contributed by atoms with E-state index < -0.39 is 22.2 Å². The Kier molecular flexibility index (Phi) is 6.77. The Morgan fingerprint density at radius 2 is 1.87 bits per heavy atom. The predicted octanol–water partition coefficient (Wildman–Crippen LogP) is 1.54. The third kappa shape index (κ3) is 3.85. The lowest BCUT2D eigenvalue weighted by atomic mass is 9.66. The van der Waals surface area contributed by atoms with Crippen molar-refractivity contribution in [2.75, 3.05) is 20.2 Å². The van der Waals surface area contributed by atoms with Crippen LogP contribution in [0.1, 0.15) is 59.8 Å². The zero-order valence-corrected chi connectivity index (χ0v) is 19.7. The molecule has 8 heteroatoms. The molecule has 0 aromatic heterocycles. The van der Waals surface area contributed by atoms with Gasteiger partial charge in [-0.05, 0) is 46.0 Å². The van der Waals surface area contributed by atoms with Gasteiger partial charge in [-0.3, -0.25) is 14.4 Å². The second-order valence-electron chi connectivity index (χ2n) is 10.1. The number of carbonyl (C=O) groups is 3. The molecule has 0 radical (unpaired) electrons. The third-order valence-electron chi connectivity index (χ3n) is 6.85. The van der Waals surface area contributed by atoms with Crippen molar-refractivity contribution < 1.29 is 19.5 Å². The van der Waals surface area contributed by atoms with Crippen molar-refractivity contribution in [2.45, 2.75) is 81.4 Å². The van der Waals surface area contributed by atoms with E-state index in [1.807, 2.05) is 20.8 Å². The van der Waals surface area contributed by atoms with E-state index in [9.17, 15) is 14.4 Å². The summed E-state index contributed by atoms with van der Waals surface area (Å²) >= 11 is 1.71. The number of unbranched alkanes of at least 4 members (excludes halogenated alkanes) is 3. The van der Waals surface area contributed by atoms with E-state index in [1.54, 1.807) is 23.7 Å². The van der Waals surface area contributed by atoms with Gasteiger partial charge in [0.2, 0.25) is 17.7 Å². The fourth-order valence-electron chi connectivity index (χ4n) is 5.71. The summed E-state index contributed by atoms with van der Waals surface area (Å²) in [6, 6.07) is -0.549. The Hall–Kier alpha value is -1.28. The molecule has 30 heavy (non-hydrogen) atoms. The highest BCUT2D eigenvalue weighted by Gasteiger charge is 2.75. The molecule has 0 aliphatic carbocycles. The predicted molar refractivity (Wildman–Crippen MR) is 118 cm³/mol. The average Bonchev–Trinajstić information content (AvgIpc) is 3.23. The molecule has 170 valence electrons. The topological polar surface area (TPSA) is 98.7 Å². The van der Waals surface area contributed by atoms with Crippen LogP contribution in [0.5, 0.6) is 0 Å². The van der Waals surface area contributed by atoms with Crippen LogP contribution in [0.25, 0.3) is 0 Å². The lowest BCUT2D eigenvalue weighted by molar-refractivity contribution is -0.140. The maximum atomic E-state index is 13.7. The second-order valence-corrected chi connectivity index (χ2v) is 11.6. The molecule has 6 atom stereocenters. The number of nitrogens with zero attached hydrogens (tertiary/aromatic N) is 1. The number of carbonyl (C=O) groups excluding carboxylic acids is 3. The maximum Gasteiger partial charge on any atom is 0.244 e. The van der Waals surface area contributed by atoms with Gasteiger partial charge in [0, 0.05) is 31.0 Å². The molecule has 3 amide bonds. The molecular formula is C22H37N3O4S. The highest BCUT2D eigenvalue weighted by atomic mass is 32.2. The van der Waals surface area contributed by atoms with Crippen LogP contribution in [0.2, 0.25) is 0 Å². The zero-order valence-electron chi connectivity index (χ0n) is 18.9. The minimum absolute atomic E-state index is 0.0404. The van der Waals surface area contributed by atoms with Crippen molar-refractivity contribution in [1.29, 1.82) is 0 Å². The fraction of sp³-hybridized carbons (Fsp3) is 0.864. The van der Waals surface area contributed by atoms with Crippen LogP contribution in [0.15, 0.2) is 0 Å². The van der Waals surface area contributed by atoms with E-state index in [0.717, 1.165) is 32.1 Å². The molecule has 7 nitrogen and oxygen atoms in total. The molecule has 0 aromatic carbocycles. The molecular weight excluding hydrogens is 402 g/mol. The molecule has 3 aliphatic heterocycles. The van der Waals surface area contributed by atoms with E-state index in [-0.39, 0.29) is 41.4 Å². The van der Waals surface area contributed by atoms with Gasteiger partial charge in [-0.2, -0.15) is 0 Å². The van der Waals surface area contributed by atoms with Crippen molar-refractivity contribution in [3.05, 3.63) is 0 Å². The van der Waals surface area contributed by atoms with Crippen molar-refractivity contribution in [3.63, 3.8) is 0 Å². The van der Waals surface area contributed by atoms with Crippen molar-refractivity contribution in [1.82, 2.24) is 15.5 Å². The number of rotatable bonds is 8. The number of aliphatic hydroxyl groups is 1. The minimum Gasteiger partial charge on any atom is -0.396 e. The zero-order chi connectivity index (χ0) is 22.3. The first-order chi connectivity index (χ1) is 14.1. The standard InChI is InChI=1S/C22H37N3O4S/c1-13-12-14-15(18(27)23-5)16-20(29)25(10-8-6-7-9-11-26)17(22(13,16)30-14)19(28)24-21(2,3)4/h13-17,26H,6-12H2,1-5H3,(H,23,27)(H,24,28)/t13?,14-,15+,16+,17?,22?/m1/s1. The van der Waals surface area contributed by atoms with E-state index in [4.69, 9.17) is 5.11 Å². The van der Waals surface area contributed by atoms with Crippen molar-refractivity contribution >= 4 is 29.5 Å². The highest BCUT2D eigenvalue weighted by Crippen LogP contribution is 2.68. The number of amides is 3. The summed E-state index contributed by atoms with van der Waals surface area (Å²) in [5.41, 5.74) is -0.396. The van der Waals surface area contributed by atoms with Crippen LogP contribution in [0.3, 0.4) is 0 Å². The highest BCUT2D eigenvalue weighted by molar-refractivity contribution is 8.02. The number of fused-ring (bicyclic) bond motifs is 1. The molecule has 3 fully saturated rings. The summed E-state index contributed by atoms with van der Waals surface area (Å²) in [7, 11) is 1.62. The number of hydrogen-bond donors (Lipinski definition) is 3. The summed E-state index contributed by atoms with van der Waals surface area (Å²) < 4.78 is -0.542. The molecule has 3 N–H and O–H groups in total. The summed E-state index contributed by atoms with van der Waals surface area (Å²) in [4.78, 5) is 41.7. The van der Waals surface area contributed by atoms with E-state index >= 15 is 0 Å². The molecule has 2 bridgehead atoms. The van der Waals surface area contributed by atoms with Gasteiger partial charge >= 0.3 is 0 Å². The molecule has 0 aromatic rings. The van der Waals surface area contributed by atoms with Gasteiger partial charge in [0.15, 0.2) is 0 Å². The van der Waals surface area contributed by atoms with Crippen LogP contribution < -0.4 is 10.6 Å². The Morgan fingerprint density at radius 1 is 1.20 bits per heavy atom. The van der Waals surface area contributed by atoms with Gasteiger partial charge in [0.05, 0.1) is 16.6 Å². The van der Waals surface area contributed by atoms with Crippen LogP contribution in [0.4, 0.5) is 0 Å². The summed E-state index contributed by atoms with van der Waals surface area (Å²) in [5.74, 6) is -0.845. The number of hydrogen-bond acceptors (Lipinski definition) is 5. The van der Waals surface area contributed by atoms with Crippen LogP contribution >= 0.6 is 11.8 Å². The first kappa shape index (κ1) is 23.4. The average molecular weight is 440 g/mol. The van der Waals surface area contributed by atoms with Gasteiger partial charge in [-0.1, -0.05) is 19.8 Å². The first-order valence-corrected chi connectivity index (χ1v) is 12.1. The van der Waals surface area contributed by atoms with Gasteiger partial charge in [-0.25, -0.2) is 0 Å². The van der Waals surface area contributed by atoms with Crippen LogP contribution in [-0.4, -0.2) is 69.5 Å². The van der Waals surface area contributed by atoms with E-state index in [2.05, 4.69) is 17.6 Å². The molecule has 3 unspecified atom stereocenters. The Balaban J connectivity index is 1.93. The second kappa shape index (κ2) is 8.69. The summed E-state index contributed by atoms with van der Waals surface area (Å²) in [5, 5.41) is 14.9. The smallest absolute Gasteiger partial charge is 0.244 e. The normalized spacial score (nSPS) is 34.9. The van der Waals surface area contributed by atoms with Crippen LogP contribution in [-0.2, 0) is 14.4 Å². The molecule has 3 rings (SSSR count). The van der Waals surface area contributed by atoms with E-state index in [1.165, 1.54) is 0 Å². The summed E-state index contributed by atoms with van der Waals surface area (Å²) in [6.45, 7) is 8.68. The van der Waals surface area contributed by atoms with Crippen molar-refractivity contribution in [3.8, 4) is 0 Å². The van der Waals surface area contributed by atoms with Crippen LogP contribution in [0, 0.1) is 17.8 Å². The Labute approximate surface area is 184 Å². The van der Waals surface area contributed by atoms with Gasteiger partial charge in [-0.15, -0.1) is 11.8 Å². The molecule has 3 aliphatic rings. The van der Waals surface area contributed by atoms with Gasteiger partial charge < -0.3 is 20.6 Å². The quantitative estimate of drug-likeness (QED) is 0.498. The van der Waals surface area contributed by atoms with Crippen molar-refractivity contribution in [2.24, 2.45) is 17.8 Å². The molecule has 0 saturated carbocycles. The van der Waals surface area contributed by atoms with Gasteiger partial charge in [0.1, 0.15) is 6.04 Å². The molecule has 1 spiro atoms. The Bertz CT molecular complexity index is 694. The number of nitrogens with one attached hydrogen (secondary N) is 2. The molecule has 3 heterocycles. The third-order valence-corrected chi connectivity index (χ3v) is 8.92. The number of thioether (sulfide) groups is 1. The Morgan fingerprint density at radius 3 is 2.47 bits per heavy atom. The largest absolute Gasteiger partial charge is 0.396 e. The minimum atomic E-state index is -0.549. The SMILES string of the molecule is CNC(=O)[C@@H]1[C@H]2C(=O)N(CCCCCCO)C(C(=O)NC(C)(C)C)C23S[C@@H]1CC3C. The number of aliphatic hydroxyl groups excluding tert-OH is 1. The van der Waals surface area contributed by atoms with E-state index in [0.29, 0.717) is 6.54 Å². The lowest BCUT2D eigenvalue weighted by Gasteiger charge is -2.39.